The van der Waals surface area contributed by atoms with Crippen molar-refractivity contribution >= 4 is 15.9 Å². The average molecular weight is 230 g/mol. The Morgan fingerprint density at radius 2 is 2.33 bits per heavy atom. The SMILES string of the molecule is COCCCc1cncc(Br)c1. The van der Waals surface area contributed by atoms with E-state index in [1.165, 1.54) is 5.56 Å². The Balaban J connectivity index is 2.41. The molecule has 66 valence electrons. The number of halogens is 1. The molecule has 0 atom stereocenters. The van der Waals surface area contributed by atoms with Crippen molar-refractivity contribution < 1.29 is 4.74 Å². The maximum Gasteiger partial charge on any atom is 0.0465 e. The minimum atomic E-state index is 0.812. The Hall–Kier alpha value is -0.410. The van der Waals surface area contributed by atoms with Gasteiger partial charge in [-0.3, -0.25) is 4.98 Å². The summed E-state index contributed by atoms with van der Waals surface area (Å²) in [7, 11) is 1.72. The fraction of sp³-hybridized carbons (Fsp3) is 0.444. The molecule has 0 saturated heterocycles. The summed E-state index contributed by atoms with van der Waals surface area (Å²) in [4.78, 5) is 4.08. The highest BCUT2D eigenvalue weighted by atomic mass is 79.9. The van der Waals surface area contributed by atoms with Crippen LogP contribution in [0.1, 0.15) is 12.0 Å². The lowest BCUT2D eigenvalue weighted by molar-refractivity contribution is 0.195. The normalized spacial score (nSPS) is 10.2. The van der Waals surface area contributed by atoms with Crippen LogP contribution in [0, 0.1) is 0 Å². The van der Waals surface area contributed by atoms with E-state index < -0.39 is 0 Å². The molecule has 12 heavy (non-hydrogen) atoms. The molecule has 0 aromatic carbocycles. The zero-order valence-corrected chi connectivity index (χ0v) is 8.67. The van der Waals surface area contributed by atoms with Gasteiger partial charge in [0.2, 0.25) is 0 Å². The van der Waals surface area contributed by atoms with Gasteiger partial charge in [-0.25, -0.2) is 0 Å². The molecule has 0 radical (unpaired) electrons. The number of pyridine rings is 1. The summed E-state index contributed by atoms with van der Waals surface area (Å²) in [6.07, 6.45) is 5.76. The molecule has 1 aromatic rings. The van der Waals surface area contributed by atoms with Gasteiger partial charge in [0.25, 0.3) is 0 Å². The monoisotopic (exact) mass is 229 g/mol. The Bertz CT molecular complexity index is 240. The van der Waals surface area contributed by atoms with Crippen molar-refractivity contribution in [2.75, 3.05) is 13.7 Å². The van der Waals surface area contributed by atoms with E-state index in [0.29, 0.717) is 0 Å². The molecule has 0 bridgehead atoms. The van der Waals surface area contributed by atoms with Gasteiger partial charge in [0.1, 0.15) is 0 Å². The first kappa shape index (κ1) is 9.68. The van der Waals surface area contributed by atoms with Gasteiger partial charge in [-0.1, -0.05) is 0 Å². The lowest BCUT2D eigenvalue weighted by Gasteiger charge is -2.00. The summed E-state index contributed by atoms with van der Waals surface area (Å²) >= 11 is 3.38. The van der Waals surface area contributed by atoms with Crippen LogP contribution in [0.25, 0.3) is 0 Å². The van der Waals surface area contributed by atoms with Crippen molar-refractivity contribution in [1.29, 1.82) is 0 Å². The number of hydrogen-bond donors (Lipinski definition) is 0. The molecule has 1 rings (SSSR count). The predicted molar refractivity (Wildman–Crippen MR) is 52.1 cm³/mol. The number of aromatic nitrogens is 1. The van der Waals surface area contributed by atoms with E-state index in [9.17, 15) is 0 Å². The largest absolute Gasteiger partial charge is 0.385 e. The van der Waals surface area contributed by atoms with E-state index in [2.05, 4.69) is 27.0 Å². The maximum absolute atomic E-state index is 4.96. The summed E-state index contributed by atoms with van der Waals surface area (Å²) < 4.78 is 6.00. The van der Waals surface area contributed by atoms with Gasteiger partial charge in [0, 0.05) is 30.6 Å². The Morgan fingerprint density at radius 3 is 3.00 bits per heavy atom. The topological polar surface area (TPSA) is 22.1 Å². The first-order valence-corrected chi connectivity index (χ1v) is 4.70. The van der Waals surface area contributed by atoms with E-state index in [4.69, 9.17) is 4.74 Å². The average Bonchev–Trinajstić information content (AvgIpc) is 2.05. The second-order valence-electron chi connectivity index (χ2n) is 2.61. The van der Waals surface area contributed by atoms with Crippen molar-refractivity contribution in [3.05, 3.63) is 28.5 Å². The summed E-state index contributed by atoms with van der Waals surface area (Å²) in [5, 5.41) is 0. The highest BCUT2D eigenvalue weighted by Crippen LogP contribution is 2.10. The van der Waals surface area contributed by atoms with E-state index in [0.717, 1.165) is 23.9 Å². The summed E-state index contributed by atoms with van der Waals surface area (Å²) in [6, 6.07) is 2.09. The minimum Gasteiger partial charge on any atom is -0.385 e. The van der Waals surface area contributed by atoms with Crippen LogP contribution in [0.2, 0.25) is 0 Å². The first-order valence-electron chi connectivity index (χ1n) is 3.91. The Labute approximate surface area is 81.1 Å². The van der Waals surface area contributed by atoms with Crippen LogP contribution in [0.15, 0.2) is 22.9 Å². The van der Waals surface area contributed by atoms with Crippen LogP contribution in [0.3, 0.4) is 0 Å². The number of methoxy groups -OCH3 is 1. The molecule has 0 amide bonds. The van der Waals surface area contributed by atoms with Crippen molar-refractivity contribution in [2.45, 2.75) is 12.8 Å². The van der Waals surface area contributed by atoms with Gasteiger partial charge in [-0.2, -0.15) is 0 Å². The van der Waals surface area contributed by atoms with Gasteiger partial charge in [-0.05, 0) is 40.4 Å². The van der Waals surface area contributed by atoms with Gasteiger partial charge >= 0.3 is 0 Å². The van der Waals surface area contributed by atoms with E-state index >= 15 is 0 Å². The third-order valence-electron chi connectivity index (χ3n) is 1.58. The van der Waals surface area contributed by atoms with Gasteiger partial charge in [0.05, 0.1) is 0 Å². The molecule has 1 heterocycles. The van der Waals surface area contributed by atoms with Crippen LogP contribution < -0.4 is 0 Å². The zero-order chi connectivity index (χ0) is 8.81. The molecule has 0 aliphatic heterocycles. The molecule has 0 saturated carbocycles. The molecule has 3 heteroatoms. The molecular weight excluding hydrogens is 218 g/mol. The molecule has 0 unspecified atom stereocenters. The lowest BCUT2D eigenvalue weighted by atomic mass is 10.2. The Kier molecular flexibility index (Phi) is 4.25. The van der Waals surface area contributed by atoms with Crippen molar-refractivity contribution in [1.82, 2.24) is 4.98 Å². The summed E-state index contributed by atoms with van der Waals surface area (Å²) in [5.41, 5.74) is 1.25. The second-order valence-corrected chi connectivity index (χ2v) is 3.52. The second kappa shape index (κ2) is 5.27. The van der Waals surface area contributed by atoms with E-state index in [1.807, 2.05) is 6.20 Å². The van der Waals surface area contributed by atoms with Crippen LogP contribution in [0.5, 0.6) is 0 Å². The standard InChI is InChI=1S/C9H12BrNO/c1-12-4-2-3-8-5-9(10)7-11-6-8/h5-7H,2-4H2,1H3. The number of nitrogens with zero attached hydrogens (tertiary/aromatic N) is 1. The lowest BCUT2D eigenvalue weighted by Crippen LogP contribution is -1.92. The molecule has 2 nitrogen and oxygen atoms in total. The van der Waals surface area contributed by atoms with E-state index in [1.54, 1.807) is 13.3 Å². The third-order valence-corrected chi connectivity index (χ3v) is 2.01. The minimum absolute atomic E-state index is 0.812. The van der Waals surface area contributed by atoms with Crippen molar-refractivity contribution in [3.63, 3.8) is 0 Å². The fourth-order valence-corrected chi connectivity index (χ4v) is 1.43. The number of aryl methyl sites for hydroxylation is 1. The quantitative estimate of drug-likeness (QED) is 0.741. The van der Waals surface area contributed by atoms with Crippen LogP contribution in [-0.4, -0.2) is 18.7 Å². The van der Waals surface area contributed by atoms with Gasteiger partial charge in [0.15, 0.2) is 0 Å². The predicted octanol–water partition coefficient (Wildman–Crippen LogP) is 2.42. The third kappa shape index (κ3) is 3.32. The first-order chi connectivity index (χ1) is 5.83. The molecular formula is C9H12BrNO. The number of hydrogen-bond acceptors (Lipinski definition) is 2. The molecule has 1 aromatic heterocycles. The number of rotatable bonds is 4. The molecule has 0 fully saturated rings. The number of ether oxygens (including phenoxy) is 1. The zero-order valence-electron chi connectivity index (χ0n) is 7.09. The van der Waals surface area contributed by atoms with Gasteiger partial charge < -0.3 is 4.74 Å². The highest BCUT2D eigenvalue weighted by Gasteiger charge is 1.94. The maximum atomic E-state index is 4.96. The fourth-order valence-electron chi connectivity index (χ4n) is 1.01. The smallest absolute Gasteiger partial charge is 0.0465 e. The highest BCUT2D eigenvalue weighted by molar-refractivity contribution is 9.10. The van der Waals surface area contributed by atoms with Crippen LogP contribution >= 0.6 is 15.9 Å². The molecule has 0 aliphatic rings. The van der Waals surface area contributed by atoms with Gasteiger partial charge in [-0.15, -0.1) is 0 Å². The van der Waals surface area contributed by atoms with Crippen molar-refractivity contribution in [3.8, 4) is 0 Å². The molecule has 0 spiro atoms. The molecule has 0 aliphatic carbocycles. The van der Waals surface area contributed by atoms with Crippen LogP contribution in [0.4, 0.5) is 0 Å². The summed E-state index contributed by atoms with van der Waals surface area (Å²) in [6.45, 7) is 0.812. The van der Waals surface area contributed by atoms with Crippen LogP contribution in [-0.2, 0) is 11.2 Å². The Morgan fingerprint density at radius 1 is 1.50 bits per heavy atom. The van der Waals surface area contributed by atoms with E-state index in [-0.39, 0.29) is 0 Å². The van der Waals surface area contributed by atoms with Crippen molar-refractivity contribution in [2.24, 2.45) is 0 Å². The molecule has 0 N–H and O–H groups in total. The summed E-state index contributed by atoms with van der Waals surface area (Å²) in [5.74, 6) is 0.